The molecule has 3 aliphatic rings. The van der Waals surface area contributed by atoms with Crippen molar-refractivity contribution in [1.29, 1.82) is 0 Å². The fourth-order valence-electron chi connectivity index (χ4n) is 7.18. The van der Waals surface area contributed by atoms with Gasteiger partial charge in [-0.05, 0) is 75.1 Å². The van der Waals surface area contributed by atoms with Crippen LogP contribution in [0.3, 0.4) is 0 Å². The molecule has 3 aliphatic heterocycles. The first-order chi connectivity index (χ1) is 20.7. The Balaban J connectivity index is 1.53. The van der Waals surface area contributed by atoms with Gasteiger partial charge in [-0.2, -0.15) is 0 Å². The van der Waals surface area contributed by atoms with E-state index in [0.29, 0.717) is 30.9 Å². The van der Waals surface area contributed by atoms with Crippen LogP contribution in [-0.4, -0.2) is 78.3 Å². The van der Waals surface area contributed by atoms with Gasteiger partial charge in [-0.25, -0.2) is 0 Å². The van der Waals surface area contributed by atoms with Crippen LogP contribution in [0.15, 0.2) is 67.8 Å². The summed E-state index contributed by atoms with van der Waals surface area (Å²) >= 11 is 0. The number of nitrogens with zero attached hydrogens (tertiary/aromatic N) is 3. The highest BCUT2D eigenvalue weighted by Gasteiger charge is 2.75. The van der Waals surface area contributed by atoms with Crippen molar-refractivity contribution in [2.24, 2.45) is 11.8 Å². The van der Waals surface area contributed by atoms with Crippen LogP contribution in [0.1, 0.15) is 30.9 Å². The number of β-amino-alcohol motifs (C(OH)–C–C–N with tert-alkyl or cyclic N) is 1. The highest BCUT2D eigenvalue weighted by Crippen LogP contribution is 2.59. The fraction of sp³-hybridized carbons (Fsp3) is 0.441. The lowest BCUT2D eigenvalue weighted by atomic mass is 9.70. The second-order valence-corrected chi connectivity index (χ2v) is 11.5. The molecule has 3 amide bonds. The molecule has 0 radical (unpaired) electrons. The summed E-state index contributed by atoms with van der Waals surface area (Å²) in [5.41, 5.74) is 2.11. The van der Waals surface area contributed by atoms with E-state index in [2.05, 4.69) is 13.2 Å². The van der Waals surface area contributed by atoms with Crippen molar-refractivity contribution in [1.82, 2.24) is 4.90 Å². The van der Waals surface area contributed by atoms with E-state index in [-0.39, 0.29) is 44.0 Å². The van der Waals surface area contributed by atoms with Crippen LogP contribution in [0.25, 0.3) is 0 Å². The zero-order chi connectivity index (χ0) is 30.9. The number of aryl methyl sites for hydroxylation is 2. The average Bonchev–Trinajstić information content (AvgIpc) is 3.64. The highest BCUT2D eigenvalue weighted by molar-refractivity contribution is 6.06. The van der Waals surface area contributed by atoms with E-state index in [1.807, 2.05) is 51.1 Å². The van der Waals surface area contributed by atoms with Gasteiger partial charge >= 0.3 is 0 Å². The summed E-state index contributed by atoms with van der Waals surface area (Å²) < 4.78 is 12.2. The Bertz CT molecular complexity index is 1410. The number of anilines is 2. The normalized spacial score (nSPS) is 25.4. The van der Waals surface area contributed by atoms with Crippen LogP contribution in [0.4, 0.5) is 11.4 Å². The molecule has 9 heteroatoms. The SMILES string of the molecule is C=CCN(C(=O)[C@@H]1[C@H]2C(=O)N(CCO)C(C(=O)N(CC=C)c3cc(C)ccc3C)C23CC[C@H]1O3)c1ccc(OCC)cc1. The van der Waals surface area contributed by atoms with Gasteiger partial charge in [0.25, 0.3) is 5.91 Å². The zero-order valence-electron chi connectivity index (χ0n) is 25.2. The maximum absolute atomic E-state index is 14.6. The molecule has 5 rings (SSSR count). The molecule has 43 heavy (non-hydrogen) atoms. The molecular weight excluding hydrogens is 546 g/mol. The quantitative estimate of drug-likeness (QED) is 0.380. The van der Waals surface area contributed by atoms with Gasteiger partial charge in [0.15, 0.2) is 0 Å². The van der Waals surface area contributed by atoms with Gasteiger partial charge in [0, 0.05) is 31.0 Å². The number of carbonyl (C=O) groups is 3. The molecule has 228 valence electrons. The first kappa shape index (κ1) is 30.5. The van der Waals surface area contributed by atoms with E-state index >= 15 is 0 Å². The van der Waals surface area contributed by atoms with E-state index in [4.69, 9.17) is 9.47 Å². The first-order valence-corrected chi connectivity index (χ1v) is 15.0. The molecule has 9 nitrogen and oxygen atoms in total. The maximum Gasteiger partial charge on any atom is 0.253 e. The summed E-state index contributed by atoms with van der Waals surface area (Å²) in [5.74, 6) is -1.82. The fourth-order valence-corrected chi connectivity index (χ4v) is 7.18. The van der Waals surface area contributed by atoms with E-state index in [1.165, 1.54) is 4.90 Å². The molecule has 1 N–H and O–H groups in total. The van der Waals surface area contributed by atoms with Gasteiger partial charge in [-0.1, -0.05) is 24.3 Å². The van der Waals surface area contributed by atoms with Crippen molar-refractivity contribution in [2.45, 2.75) is 51.4 Å². The molecular formula is C34H41N3O6. The van der Waals surface area contributed by atoms with E-state index in [0.717, 1.165) is 16.8 Å². The number of ether oxygens (including phenoxy) is 2. The topological polar surface area (TPSA) is 99.6 Å². The number of amides is 3. The van der Waals surface area contributed by atoms with Crippen molar-refractivity contribution >= 4 is 29.1 Å². The van der Waals surface area contributed by atoms with Crippen molar-refractivity contribution in [3.05, 3.63) is 78.9 Å². The summed E-state index contributed by atoms with van der Waals surface area (Å²) in [7, 11) is 0. The monoisotopic (exact) mass is 587 g/mol. The van der Waals surface area contributed by atoms with Crippen LogP contribution >= 0.6 is 0 Å². The summed E-state index contributed by atoms with van der Waals surface area (Å²) in [5, 5.41) is 9.98. The predicted molar refractivity (Wildman–Crippen MR) is 165 cm³/mol. The minimum atomic E-state index is -1.18. The zero-order valence-corrected chi connectivity index (χ0v) is 25.2. The number of hydrogen-bond donors (Lipinski definition) is 1. The molecule has 3 saturated heterocycles. The Labute approximate surface area is 253 Å². The average molecular weight is 588 g/mol. The minimum Gasteiger partial charge on any atom is -0.494 e. The van der Waals surface area contributed by atoms with Gasteiger partial charge in [-0.3, -0.25) is 14.4 Å². The number of fused-ring (bicyclic) bond motifs is 1. The van der Waals surface area contributed by atoms with Crippen LogP contribution < -0.4 is 14.5 Å². The van der Waals surface area contributed by atoms with Gasteiger partial charge in [-0.15, -0.1) is 13.2 Å². The number of aliphatic hydroxyl groups excluding tert-OH is 1. The molecule has 0 saturated carbocycles. The summed E-state index contributed by atoms with van der Waals surface area (Å²) in [6.07, 6.45) is 3.82. The number of hydrogen-bond acceptors (Lipinski definition) is 6. The second kappa shape index (κ2) is 12.3. The summed E-state index contributed by atoms with van der Waals surface area (Å²) in [6, 6.07) is 12.1. The Morgan fingerprint density at radius 1 is 1.09 bits per heavy atom. The maximum atomic E-state index is 14.6. The lowest BCUT2D eigenvalue weighted by molar-refractivity contribution is -0.141. The molecule has 2 bridgehead atoms. The Morgan fingerprint density at radius 3 is 2.44 bits per heavy atom. The standard InChI is InChI=1S/C34H41N3O6/c1-6-17-35(24-11-13-25(14-12-24)42-8-3)31(39)28-27-15-16-34(43-27)29(28)32(40)37(19-20-38)30(34)33(41)36(18-7-2)26-21-22(4)9-10-23(26)5/h6-7,9-14,21,27-30,38H,1-2,8,15-20H2,3-5H3/t27-,28+,29+,30?,34?/m1/s1. The number of aliphatic hydroxyl groups is 1. The molecule has 2 unspecified atom stereocenters. The Kier molecular flexibility index (Phi) is 8.76. The smallest absolute Gasteiger partial charge is 0.253 e. The third kappa shape index (κ3) is 5.14. The molecule has 2 aromatic carbocycles. The van der Waals surface area contributed by atoms with Crippen LogP contribution in [0.2, 0.25) is 0 Å². The van der Waals surface area contributed by atoms with Crippen molar-refractivity contribution in [3.63, 3.8) is 0 Å². The van der Waals surface area contributed by atoms with Crippen LogP contribution in [0.5, 0.6) is 5.75 Å². The third-order valence-corrected chi connectivity index (χ3v) is 8.93. The number of benzene rings is 2. The van der Waals surface area contributed by atoms with Crippen molar-refractivity contribution < 1.29 is 29.0 Å². The second-order valence-electron chi connectivity index (χ2n) is 11.5. The third-order valence-electron chi connectivity index (χ3n) is 8.93. The van der Waals surface area contributed by atoms with Crippen LogP contribution in [0, 0.1) is 25.7 Å². The number of likely N-dealkylation sites (tertiary alicyclic amines) is 1. The summed E-state index contributed by atoms with van der Waals surface area (Å²) in [6.45, 7) is 14.2. The molecule has 3 fully saturated rings. The Morgan fingerprint density at radius 2 is 1.79 bits per heavy atom. The lowest BCUT2D eigenvalue weighted by Crippen LogP contribution is -2.57. The van der Waals surface area contributed by atoms with Crippen molar-refractivity contribution in [2.75, 3.05) is 42.6 Å². The highest BCUT2D eigenvalue weighted by atomic mass is 16.5. The number of rotatable bonds is 12. The molecule has 2 aromatic rings. The van der Waals surface area contributed by atoms with Gasteiger partial charge < -0.3 is 29.3 Å². The molecule has 3 heterocycles. The molecule has 0 aromatic heterocycles. The van der Waals surface area contributed by atoms with E-state index in [9.17, 15) is 19.5 Å². The van der Waals surface area contributed by atoms with E-state index in [1.54, 1.807) is 34.1 Å². The summed E-state index contributed by atoms with van der Waals surface area (Å²) in [4.78, 5) is 47.8. The number of carbonyl (C=O) groups excluding carboxylic acids is 3. The Hall–Kier alpha value is -3.95. The molecule has 0 aliphatic carbocycles. The first-order valence-electron chi connectivity index (χ1n) is 15.0. The van der Waals surface area contributed by atoms with Crippen LogP contribution in [-0.2, 0) is 19.1 Å². The minimum absolute atomic E-state index is 0.0353. The predicted octanol–water partition coefficient (Wildman–Crippen LogP) is 3.81. The van der Waals surface area contributed by atoms with Gasteiger partial charge in [0.05, 0.1) is 31.2 Å². The van der Waals surface area contributed by atoms with Gasteiger partial charge in [0.1, 0.15) is 17.4 Å². The van der Waals surface area contributed by atoms with Gasteiger partial charge in [0.2, 0.25) is 11.8 Å². The van der Waals surface area contributed by atoms with E-state index < -0.39 is 29.6 Å². The lowest BCUT2D eigenvalue weighted by Gasteiger charge is -2.37. The molecule has 1 spiro atoms. The van der Waals surface area contributed by atoms with Crippen molar-refractivity contribution in [3.8, 4) is 5.75 Å². The largest absolute Gasteiger partial charge is 0.494 e. The molecule has 5 atom stereocenters.